The fraction of sp³-hybridized carbons (Fsp3) is 0.721. The number of alkyl halides is 6. The van der Waals surface area contributed by atoms with Gasteiger partial charge in [-0.2, -0.15) is 0 Å². The average molecular weight is 1190 g/mol. The lowest BCUT2D eigenvalue weighted by Crippen LogP contribution is -2.41. The van der Waals surface area contributed by atoms with E-state index in [0.29, 0.717) is 0 Å². The van der Waals surface area contributed by atoms with Gasteiger partial charge in [0.1, 0.15) is 68.8 Å². The minimum Gasteiger partial charge on any atom is -0.481 e. The van der Waals surface area contributed by atoms with Crippen molar-refractivity contribution in [2.24, 2.45) is 75.3 Å². The normalized spacial score (nSPS) is 14.9. The van der Waals surface area contributed by atoms with Crippen LogP contribution in [-0.2, 0) is 67.0 Å². The Morgan fingerprint density at radius 2 is 0.637 bits per heavy atom. The number of Topliss-reactive ketones (excluding diaryl/α,β-unsaturated/α-hetero) is 1. The number of carbonyl (C=O) groups is 12. The average Bonchev–Trinajstić information content (AvgIpc) is 3.36. The van der Waals surface area contributed by atoms with Gasteiger partial charge in [-0.15, -0.1) is 0 Å². The zero-order valence-electron chi connectivity index (χ0n) is 43.4. The third-order valence-electron chi connectivity index (χ3n) is 9.83. The molecule has 0 fully saturated rings. The van der Waals surface area contributed by atoms with Crippen LogP contribution in [-0.4, -0.2) is 214 Å². The van der Waals surface area contributed by atoms with E-state index in [4.69, 9.17) is 92.5 Å². The molecular weight excluding hydrogens is 1110 g/mol. The number of ketones is 1. The molecule has 0 aromatic carbocycles. The Bertz CT molecular complexity index is 1660. The van der Waals surface area contributed by atoms with Gasteiger partial charge in [-0.3, -0.25) is 70.3 Å². The molecule has 0 saturated heterocycles. The van der Waals surface area contributed by atoms with E-state index in [1.807, 2.05) is 0 Å². The van der Waals surface area contributed by atoms with E-state index >= 15 is 0 Å². The zero-order valence-corrected chi connectivity index (χ0v) is 43.4. The maximum atomic E-state index is 12.0. The van der Waals surface area contributed by atoms with Gasteiger partial charge in [-0.05, 0) is 58.3 Å². The summed E-state index contributed by atoms with van der Waals surface area (Å²) in [6, 6.07) is -6.99. The molecule has 31 nitrogen and oxygen atoms in total. The summed E-state index contributed by atoms with van der Waals surface area (Å²) in [5, 5.41) is 67.7. The Balaban J connectivity index is -0.000000206. The number of carboxylic acid groups (broad SMARTS) is 8. The predicted octanol–water partition coefficient (Wildman–Crippen LogP) is -3.44. The maximum Gasteiger partial charge on any atom is 0.332 e. The highest BCUT2D eigenvalue weighted by molar-refractivity contribution is 5.83. The minimum absolute atomic E-state index is 0.0370. The summed E-state index contributed by atoms with van der Waals surface area (Å²) in [6.45, 7) is -4.16. The third-order valence-corrected chi connectivity index (χ3v) is 9.83. The summed E-state index contributed by atoms with van der Waals surface area (Å²) in [6.07, 6.45) is -3.11. The van der Waals surface area contributed by atoms with E-state index in [2.05, 4.69) is 9.47 Å². The molecule has 12 atom stereocenters. The fourth-order valence-corrected chi connectivity index (χ4v) is 5.09. The van der Waals surface area contributed by atoms with Crippen molar-refractivity contribution in [1.82, 2.24) is 0 Å². The molecule has 0 spiro atoms. The van der Waals surface area contributed by atoms with Crippen LogP contribution in [0, 0.1) is 23.7 Å². The number of carbonyl (C=O) groups excluding carboxylic acids is 4. The van der Waals surface area contributed by atoms with Crippen LogP contribution in [0.5, 0.6) is 0 Å². The second kappa shape index (κ2) is 50.3. The SMILES string of the molecule is CC(=O)C(N)CC(CF)C(=O)O.NC(=O)C(CC(N)C(=O)O)OCCF.NC(=O)C(CCCF)CC(N)C(=O)O.NC(=O)C(CF)CC(N)C(=O)O.NC(CC(CCCF)C(=O)O)C(=O)O.NC(CC(OCCF)C(=O)O)C(=O)O. The van der Waals surface area contributed by atoms with Crippen molar-refractivity contribution >= 4 is 71.3 Å². The highest BCUT2D eigenvalue weighted by Gasteiger charge is 2.28. The Hall–Kier alpha value is -6.90. The molecule has 80 heavy (non-hydrogen) atoms. The van der Waals surface area contributed by atoms with Gasteiger partial charge < -0.3 is 102 Å². The fourth-order valence-electron chi connectivity index (χ4n) is 5.09. The predicted molar refractivity (Wildman–Crippen MR) is 263 cm³/mol. The molecule has 0 rings (SSSR count). The van der Waals surface area contributed by atoms with Crippen LogP contribution in [0.15, 0.2) is 0 Å². The monoisotopic (exact) mass is 1190 g/mol. The number of halogens is 6. The summed E-state index contributed by atoms with van der Waals surface area (Å²) in [5.74, 6) is -16.5. The van der Waals surface area contributed by atoms with E-state index < -0.39 is 178 Å². The lowest BCUT2D eigenvalue weighted by molar-refractivity contribution is -0.153. The molecular formula is C43H77F6N9O22. The first-order valence-electron chi connectivity index (χ1n) is 23.3. The van der Waals surface area contributed by atoms with Crippen molar-refractivity contribution in [3.05, 3.63) is 0 Å². The van der Waals surface area contributed by atoms with Gasteiger partial charge in [-0.25, -0.2) is 13.6 Å². The Morgan fingerprint density at radius 3 is 0.900 bits per heavy atom. The number of ether oxygens (including phenoxy) is 2. The van der Waals surface area contributed by atoms with Crippen LogP contribution in [0.2, 0.25) is 0 Å². The molecule has 37 heteroatoms. The lowest BCUT2D eigenvalue weighted by atomic mass is 9.95. The van der Waals surface area contributed by atoms with Gasteiger partial charge in [0.05, 0.1) is 50.4 Å². The van der Waals surface area contributed by atoms with Gasteiger partial charge in [0.25, 0.3) is 0 Å². The largest absolute Gasteiger partial charge is 0.481 e. The van der Waals surface area contributed by atoms with E-state index in [0.717, 1.165) is 0 Å². The molecule has 0 radical (unpaired) electrons. The van der Waals surface area contributed by atoms with Gasteiger partial charge in [0, 0.05) is 18.8 Å². The summed E-state index contributed by atoms with van der Waals surface area (Å²) in [7, 11) is 0. The number of aliphatic carboxylic acids is 8. The number of primary amides is 3. The maximum absolute atomic E-state index is 12.0. The molecule has 0 aromatic heterocycles. The molecule has 0 aromatic rings. The van der Waals surface area contributed by atoms with Crippen molar-refractivity contribution in [2.45, 2.75) is 120 Å². The van der Waals surface area contributed by atoms with Gasteiger partial charge >= 0.3 is 47.8 Å². The number of hydrogen-bond acceptors (Lipinski definition) is 20. The van der Waals surface area contributed by atoms with Crippen molar-refractivity contribution < 1.29 is 134 Å². The van der Waals surface area contributed by atoms with Gasteiger partial charge in [0.2, 0.25) is 17.7 Å². The number of carboxylic acids is 8. The number of rotatable bonds is 38. The van der Waals surface area contributed by atoms with Gasteiger partial charge in [-0.1, -0.05) is 0 Å². The Morgan fingerprint density at radius 1 is 0.350 bits per heavy atom. The molecule has 0 aliphatic carbocycles. The van der Waals surface area contributed by atoms with Crippen LogP contribution < -0.4 is 51.6 Å². The highest BCUT2D eigenvalue weighted by atomic mass is 19.1. The quantitative estimate of drug-likeness (QED) is 0.0267. The van der Waals surface area contributed by atoms with Crippen LogP contribution >= 0.6 is 0 Å². The second-order valence-electron chi connectivity index (χ2n) is 16.4. The molecule has 0 heterocycles. The molecule has 0 aliphatic rings. The van der Waals surface area contributed by atoms with Crippen molar-refractivity contribution in [1.29, 1.82) is 0 Å². The summed E-state index contributed by atoms with van der Waals surface area (Å²) in [5.41, 5.74) is 45.6. The zero-order chi connectivity index (χ0) is 64.0. The summed E-state index contributed by atoms with van der Waals surface area (Å²) in [4.78, 5) is 125. The first kappa shape index (κ1) is 84.4. The topological polar surface area (TPSA) is 619 Å². The minimum atomic E-state index is -1.38. The first-order valence-corrected chi connectivity index (χ1v) is 23.3. The molecule has 0 bridgehead atoms. The van der Waals surface area contributed by atoms with E-state index in [9.17, 15) is 83.9 Å². The number of amides is 3. The van der Waals surface area contributed by atoms with Gasteiger partial charge in [0.15, 0.2) is 6.10 Å². The van der Waals surface area contributed by atoms with Crippen molar-refractivity contribution in [2.75, 3.05) is 53.3 Å². The molecule has 468 valence electrons. The van der Waals surface area contributed by atoms with Crippen LogP contribution in [0.1, 0.15) is 71.1 Å². The third kappa shape index (κ3) is 48.2. The Kier molecular flexibility index (Phi) is 53.1. The standard InChI is InChI=1S/C8H15FN2O3.C8H14FNO4.C7H13FN2O4.C7H12FNO5.C7H12FNO3.C6H11FN2O3/c2*9-3-1-2-5(7(11)12)4-6(10)8(13)14;8-1-2-14-5(6(10)11)3-4(9)7(12)13;8-1-2-14-5(7(12)13)3-4(9)6(10)11;1-4(10)6(9)2-5(3-8)7(11)12;7-2-3(5(9)10)1-4(8)6(11)12/h5-6H,1-4,10H2,(H2,11,12)(H,13,14);5-6H,1-4,10H2,(H,11,12)(H,13,14);4-5H,1-3,9H2,(H2,10,11)(H,12,13);4-5H,1-3,9H2,(H,10,11)(H,12,13);5-6H,2-3,9H2,1H3,(H,11,12);3-4H,1-2,8H2,(H2,9,10)(H,11,12). The molecule has 12 unspecified atom stereocenters. The lowest BCUT2D eigenvalue weighted by Gasteiger charge is -2.15. The van der Waals surface area contributed by atoms with E-state index in [1.54, 1.807) is 0 Å². The molecule has 0 saturated carbocycles. The van der Waals surface area contributed by atoms with E-state index in [-0.39, 0.29) is 83.2 Å². The summed E-state index contributed by atoms with van der Waals surface area (Å²) < 4.78 is 80.1. The number of hydrogen-bond donors (Lipinski definition) is 17. The smallest absolute Gasteiger partial charge is 0.332 e. The molecule has 3 amide bonds. The highest BCUT2D eigenvalue weighted by Crippen LogP contribution is 2.15. The first-order chi connectivity index (χ1) is 36.9. The van der Waals surface area contributed by atoms with E-state index in [1.165, 1.54) is 6.92 Å². The number of nitrogens with two attached hydrogens (primary N) is 9. The Labute approximate surface area is 453 Å². The van der Waals surface area contributed by atoms with Crippen LogP contribution in [0.4, 0.5) is 26.3 Å². The van der Waals surface area contributed by atoms with Crippen molar-refractivity contribution in [3.63, 3.8) is 0 Å². The van der Waals surface area contributed by atoms with Crippen molar-refractivity contribution in [3.8, 4) is 0 Å². The van der Waals surface area contributed by atoms with Crippen LogP contribution in [0.25, 0.3) is 0 Å². The van der Waals surface area contributed by atoms with Crippen LogP contribution in [0.3, 0.4) is 0 Å². The molecule has 26 N–H and O–H groups in total. The summed E-state index contributed by atoms with van der Waals surface area (Å²) >= 11 is 0. The second-order valence-corrected chi connectivity index (χ2v) is 16.4. The molecule has 0 aliphatic heterocycles.